The van der Waals surface area contributed by atoms with Gasteiger partial charge >= 0.3 is 17.9 Å². The molecular weight excluding hydrogens is 276 g/mol. The Kier molecular flexibility index (Phi) is 6.86. The Bertz CT molecular complexity index is 464. The molecule has 3 unspecified atom stereocenters. The van der Waals surface area contributed by atoms with Crippen molar-refractivity contribution >= 4 is 17.9 Å². The topological polar surface area (TPSA) is 112 Å². The second-order valence-corrected chi connectivity index (χ2v) is 4.35. The van der Waals surface area contributed by atoms with Crippen molar-refractivity contribution < 1.29 is 29.7 Å². The zero-order chi connectivity index (χ0) is 16.7. The maximum absolute atomic E-state index is 11.3. The Morgan fingerprint density at radius 2 is 1.14 bits per heavy atom. The van der Waals surface area contributed by atoms with E-state index in [1.807, 2.05) is 0 Å². The quantitative estimate of drug-likeness (QED) is 0.530. The van der Waals surface area contributed by atoms with Gasteiger partial charge in [0.2, 0.25) is 0 Å². The smallest absolute Gasteiger partial charge is 0.314 e. The predicted octanol–water partition coefficient (Wildman–Crippen LogP) is 1.82. The summed E-state index contributed by atoms with van der Waals surface area (Å²) < 4.78 is 0. The van der Waals surface area contributed by atoms with Gasteiger partial charge in [-0.3, -0.25) is 14.4 Å². The SMILES string of the molecule is C=CC(C(=C)C(C(C=C)C(=O)O)C(C=C)C(=O)O)C(=O)O. The van der Waals surface area contributed by atoms with E-state index in [0.717, 1.165) is 18.2 Å². The summed E-state index contributed by atoms with van der Waals surface area (Å²) in [5.74, 6) is -9.01. The highest BCUT2D eigenvalue weighted by Crippen LogP contribution is 2.35. The van der Waals surface area contributed by atoms with Crippen molar-refractivity contribution in [2.75, 3.05) is 0 Å². The van der Waals surface area contributed by atoms with Crippen molar-refractivity contribution in [3.05, 3.63) is 50.1 Å². The van der Waals surface area contributed by atoms with E-state index in [4.69, 9.17) is 5.11 Å². The molecule has 0 aromatic carbocycles. The average Bonchev–Trinajstić information content (AvgIpc) is 2.37. The molecule has 0 amide bonds. The number of carboxylic acids is 3. The molecule has 0 aliphatic rings. The van der Waals surface area contributed by atoms with Gasteiger partial charge in [0.25, 0.3) is 0 Å². The van der Waals surface area contributed by atoms with E-state index in [1.165, 1.54) is 0 Å². The molecule has 0 aromatic rings. The Morgan fingerprint density at radius 3 is 1.33 bits per heavy atom. The molecule has 6 heteroatoms. The minimum absolute atomic E-state index is 0.0721. The first-order valence-electron chi connectivity index (χ1n) is 5.97. The maximum atomic E-state index is 11.3. The minimum Gasteiger partial charge on any atom is -0.481 e. The lowest BCUT2D eigenvalue weighted by Gasteiger charge is -2.29. The van der Waals surface area contributed by atoms with Crippen molar-refractivity contribution in [1.29, 1.82) is 0 Å². The maximum Gasteiger partial charge on any atom is 0.314 e. The van der Waals surface area contributed by atoms with E-state index in [1.54, 1.807) is 0 Å². The first-order chi connectivity index (χ1) is 9.72. The molecule has 0 aliphatic carbocycles. The summed E-state index contributed by atoms with van der Waals surface area (Å²) in [4.78, 5) is 33.7. The van der Waals surface area contributed by atoms with Crippen LogP contribution in [0.1, 0.15) is 0 Å². The molecule has 21 heavy (non-hydrogen) atoms. The second kappa shape index (κ2) is 7.84. The van der Waals surface area contributed by atoms with Gasteiger partial charge in [-0.1, -0.05) is 30.4 Å². The zero-order valence-electron chi connectivity index (χ0n) is 11.4. The summed E-state index contributed by atoms with van der Waals surface area (Å²) >= 11 is 0. The monoisotopic (exact) mass is 294 g/mol. The van der Waals surface area contributed by atoms with Crippen LogP contribution in [-0.4, -0.2) is 33.2 Å². The van der Waals surface area contributed by atoms with Gasteiger partial charge in [-0.15, -0.1) is 19.7 Å². The van der Waals surface area contributed by atoms with Crippen LogP contribution in [0.5, 0.6) is 0 Å². The van der Waals surface area contributed by atoms with Crippen molar-refractivity contribution in [2.45, 2.75) is 0 Å². The Morgan fingerprint density at radius 1 is 0.762 bits per heavy atom. The minimum atomic E-state index is -1.32. The summed E-state index contributed by atoms with van der Waals surface area (Å²) in [5, 5.41) is 27.5. The van der Waals surface area contributed by atoms with Crippen molar-refractivity contribution in [2.24, 2.45) is 23.7 Å². The molecule has 0 spiro atoms. The fourth-order valence-electron chi connectivity index (χ4n) is 2.10. The molecular formula is C15H18O6. The highest BCUT2D eigenvalue weighted by Gasteiger charge is 2.39. The van der Waals surface area contributed by atoms with Gasteiger partial charge in [-0.25, -0.2) is 0 Å². The van der Waals surface area contributed by atoms with Crippen LogP contribution in [0.2, 0.25) is 0 Å². The Hall–Kier alpha value is -2.63. The third-order valence-corrected chi connectivity index (χ3v) is 3.18. The molecule has 0 aliphatic heterocycles. The van der Waals surface area contributed by atoms with Gasteiger partial charge in [0.1, 0.15) is 0 Å². The first kappa shape index (κ1) is 18.4. The highest BCUT2D eigenvalue weighted by molar-refractivity contribution is 5.80. The highest BCUT2D eigenvalue weighted by atomic mass is 16.4. The molecule has 0 fully saturated rings. The largest absolute Gasteiger partial charge is 0.481 e. The third kappa shape index (κ3) is 4.17. The van der Waals surface area contributed by atoms with Crippen LogP contribution in [0.15, 0.2) is 50.1 Å². The second-order valence-electron chi connectivity index (χ2n) is 4.35. The van der Waals surface area contributed by atoms with Crippen molar-refractivity contribution in [3.63, 3.8) is 0 Å². The van der Waals surface area contributed by atoms with E-state index in [-0.39, 0.29) is 5.57 Å². The standard InChI is InChI=1S/C15H18O6/c1-5-9(13(16)17)8(4)12(10(6-2)14(18)19)11(7-3)15(20)21/h5-7,9-12H,1-4H2,(H,16,17)(H,18,19)(H,20,21). The third-order valence-electron chi connectivity index (χ3n) is 3.18. The van der Waals surface area contributed by atoms with Gasteiger partial charge in [-0.2, -0.15) is 0 Å². The van der Waals surface area contributed by atoms with Gasteiger partial charge in [0, 0.05) is 5.92 Å². The summed E-state index contributed by atoms with van der Waals surface area (Å²) in [6.45, 7) is 13.7. The van der Waals surface area contributed by atoms with Crippen LogP contribution in [0.4, 0.5) is 0 Å². The number of hydrogen-bond donors (Lipinski definition) is 3. The van der Waals surface area contributed by atoms with Crippen LogP contribution in [-0.2, 0) is 14.4 Å². The fourth-order valence-corrected chi connectivity index (χ4v) is 2.10. The van der Waals surface area contributed by atoms with Crippen molar-refractivity contribution in [3.8, 4) is 0 Å². The van der Waals surface area contributed by atoms with Gasteiger partial charge < -0.3 is 15.3 Å². The summed E-state index contributed by atoms with van der Waals surface area (Å²) in [5.41, 5.74) is -0.0721. The number of rotatable bonds is 10. The lowest BCUT2D eigenvalue weighted by atomic mass is 9.73. The van der Waals surface area contributed by atoms with E-state index in [9.17, 15) is 24.6 Å². The molecule has 3 atom stereocenters. The lowest BCUT2D eigenvalue weighted by molar-refractivity contribution is -0.147. The molecule has 0 bridgehead atoms. The predicted molar refractivity (Wildman–Crippen MR) is 76.6 cm³/mol. The number of hydrogen-bond acceptors (Lipinski definition) is 3. The number of carbonyl (C=O) groups is 3. The van der Waals surface area contributed by atoms with E-state index >= 15 is 0 Å². The molecule has 6 nitrogen and oxygen atoms in total. The number of carboxylic acid groups (broad SMARTS) is 3. The van der Waals surface area contributed by atoms with E-state index in [2.05, 4.69) is 26.3 Å². The molecule has 0 aromatic heterocycles. The zero-order valence-corrected chi connectivity index (χ0v) is 11.4. The molecule has 0 saturated carbocycles. The lowest BCUT2D eigenvalue weighted by Crippen LogP contribution is -2.35. The molecule has 0 heterocycles. The Balaban J connectivity index is 5.96. The molecule has 0 rings (SSSR count). The average molecular weight is 294 g/mol. The van der Waals surface area contributed by atoms with Gasteiger partial charge in [-0.05, 0) is 0 Å². The van der Waals surface area contributed by atoms with Crippen molar-refractivity contribution in [1.82, 2.24) is 0 Å². The van der Waals surface area contributed by atoms with Gasteiger partial charge in [0.05, 0.1) is 17.8 Å². The number of aliphatic carboxylic acids is 3. The summed E-state index contributed by atoms with van der Waals surface area (Å²) in [6, 6.07) is 0. The molecule has 114 valence electrons. The Labute approximate surface area is 122 Å². The van der Waals surface area contributed by atoms with Gasteiger partial charge in [0.15, 0.2) is 0 Å². The van der Waals surface area contributed by atoms with Crippen LogP contribution in [0.25, 0.3) is 0 Å². The first-order valence-corrected chi connectivity index (χ1v) is 5.97. The molecule has 0 radical (unpaired) electrons. The molecule has 0 saturated heterocycles. The van der Waals surface area contributed by atoms with Crippen LogP contribution in [0, 0.1) is 23.7 Å². The van der Waals surface area contributed by atoms with Crippen LogP contribution >= 0.6 is 0 Å². The van der Waals surface area contributed by atoms with E-state index < -0.39 is 41.6 Å². The molecule has 3 N–H and O–H groups in total. The fraction of sp³-hybridized carbons (Fsp3) is 0.267. The normalized spacial score (nSPS) is 15.8. The van der Waals surface area contributed by atoms with E-state index in [0.29, 0.717) is 0 Å². The van der Waals surface area contributed by atoms with Crippen LogP contribution < -0.4 is 0 Å². The summed E-state index contributed by atoms with van der Waals surface area (Å²) in [6.07, 6.45) is 3.18. The summed E-state index contributed by atoms with van der Waals surface area (Å²) in [7, 11) is 0. The van der Waals surface area contributed by atoms with Crippen LogP contribution in [0.3, 0.4) is 0 Å².